The van der Waals surface area contributed by atoms with Crippen molar-refractivity contribution in [1.82, 2.24) is 0 Å². The molecule has 0 aliphatic carbocycles. The van der Waals surface area contributed by atoms with Crippen LogP contribution in [0.2, 0.25) is 0 Å². The maximum absolute atomic E-state index is 10.6. The number of hydrogen-bond donors (Lipinski definition) is 1. The molecule has 0 amide bonds. The van der Waals surface area contributed by atoms with E-state index in [9.17, 15) is 15.2 Å². The van der Waals surface area contributed by atoms with Crippen molar-refractivity contribution in [2.75, 3.05) is 14.2 Å². The zero-order valence-electron chi connectivity index (χ0n) is 9.91. The first kappa shape index (κ1) is 13.2. The molecule has 0 unspecified atom stereocenters. The second-order valence-corrected chi connectivity index (χ2v) is 3.58. The number of hydrogen-bond acceptors (Lipinski definition) is 5. The number of ether oxygens (including phenoxy) is 2. The van der Waals surface area contributed by atoms with Crippen LogP contribution in [0.15, 0.2) is 18.2 Å². The highest BCUT2D eigenvalue weighted by molar-refractivity contribution is 5.41. The third-order valence-corrected chi connectivity index (χ3v) is 2.54. The van der Waals surface area contributed by atoms with Gasteiger partial charge in [0.1, 0.15) is 17.6 Å². The summed E-state index contributed by atoms with van der Waals surface area (Å²) in [6.07, 6.45) is -1.24. The van der Waals surface area contributed by atoms with Gasteiger partial charge < -0.3 is 14.6 Å². The van der Waals surface area contributed by atoms with Gasteiger partial charge in [-0.1, -0.05) is 0 Å². The van der Waals surface area contributed by atoms with E-state index in [1.807, 2.05) is 0 Å². The lowest BCUT2D eigenvalue weighted by Crippen LogP contribution is -2.24. The van der Waals surface area contributed by atoms with Crippen molar-refractivity contribution in [3.05, 3.63) is 33.9 Å². The molecule has 0 aliphatic heterocycles. The van der Waals surface area contributed by atoms with E-state index in [4.69, 9.17) is 9.47 Å². The van der Waals surface area contributed by atoms with Gasteiger partial charge in [0.15, 0.2) is 0 Å². The molecule has 1 N–H and O–H groups in total. The fourth-order valence-corrected chi connectivity index (χ4v) is 1.45. The third kappa shape index (κ3) is 2.85. The smallest absolute Gasteiger partial charge is 0.240 e. The van der Waals surface area contributed by atoms with Crippen LogP contribution in [-0.2, 0) is 0 Å². The molecule has 0 aliphatic rings. The van der Waals surface area contributed by atoms with Crippen molar-refractivity contribution in [2.45, 2.75) is 19.1 Å². The summed E-state index contributed by atoms with van der Waals surface area (Å²) in [5.41, 5.74) is 0.344. The summed E-state index contributed by atoms with van der Waals surface area (Å²) in [5.74, 6) is 0.905. The molecule has 17 heavy (non-hydrogen) atoms. The van der Waals surface area contributed by atoms with Gasteiger partial charge >= 0.3 is 0 Å². The lowest BCUT2D eigenvalue weighted by molar-refractivity contribution is -0.531. The molecule has 1 aromatic rings. The molecule has 1 rings (SSSR count). The van der Waals surface area contributed by atoms with E-state index in [1.54, 1.807) is 12.1 Å². The average molecular weight is 241 g/mol. The first-order valence-electron chi connectivity index (χ1n) is 5.04. The molecule has 0 aromatic heterocycles. The summed E-state index contributed by atoms with van der Waals surface area (Å²) in [4.78, 5) is 10.1. The fourth-order valence-electron chi connectivity index (χ4n) is 1.45. The van der Waals surface area contributed by atoms with E-state index in [0.29, 0.717) is 17.1 Å². The Morgan fingerprint density at radius 2 is 2.00 bits per heavy atom. The minimum Gasteiger partial charge on any atom is -0.497 e. The van der Waals surface area contributed by atoms with E-state index in [2.05, 4.69) is 0 Å². The monoisotopic (exact) mass is 241 g/mol. The number of benzene rings is 1. The Hall–Kier alpha value is -1.82. The number of rotatable bonds is 5. The quantitative estimate of drug-likeness (QED) is 0.622. The second-order valence-electron chi connectivity index (χ2n) is 3.58. The number of nitro groups is 1. The summed E-state index contributed by atoms with van der Waals surface area (Å²) < 4.78 is 10.1. The number of nitrogens with zero attached hydrogens (tertiary/aromatic N) is 1. The highest BCUT2D eigenvalue weighted by Crippen LogP contribution is 2.31. The first-order chi connectivity index (χ1) is 8.01. The van der Waals surface area contributed by atoms with Crippen molar-refractivity contribution in [3.63, 3.8) is 0 Å². The van der Waals surface area contributed by atoms with E-state index in [-0.39, 0.29) is 0 Å². The molecule has 6 nitrogen and oxygen atoms in total. The van der Waals surface area contributed by atoms with Crippen LogP contribution in [0.25, 0.3) is 0 Å². The first-order valence-corrected chi connectivity index (χ1v) is 5.04. The minimum absolute atomic E-state index is 0.344. The summed E-state index contributed by atoms with van der Waals surface area (Å²) in [7, 11) is 2.92. The van der Waals surface area contributed by atoms with Crippen LogP contribution in [0.4, 0.5) is 0 Å². The molecule has 0 saturated carbocycles. The highest BCUT2D eigenvalue weighted by atomic mass is 16.6. The van der Waals surface area contributed by atoms with Crippen LogP contribution < -0.4 is 9.47 Å². The summed E-state index contributed by atoms with van der Waals surface area (Å²) in [6, 6.07) is 3.68. The van der Waals surface area contributed by atoms with Crippen LogP contribution in [0.5, 0.6) is 11.5 Å². The van der Waals surface area contributed by atoms with E-state index in [1.165, 1.54) is 27.2 Å². The topological polar surface area (TPSA) is 81.8 Å². The molecule has 0 heterocycles. The Morgan fingerprint density at radius 3 is 2.47 bits per heavy atom. The van der Waals surface area contributed by atoms with Crippen molar-refractivity contribution in [1.29, 1.82) is 0 Å². The SMILES string of the molecule is COc1ccc(OC)c([C@@H](O)[C@H](C)[N+](=O)[O-])c1. The third-order valence-electron chi connectivity index (χ3n) is 2.54. The fraction of sp³-hybridized carbons (Fsp3) is 0.455. The Labute approximate surface area is 98.9 Å². The zero-order valence-corrected chi connectivity index (χ0v) is 9.91. The molecule has 0 saturated heterocycles. The maximum atomic E-state index is 10.6. The molecule has 1 aromatic carbocycles. The Morgan fingerprint density at radius 1 is 1.35 bits per heavy atom. The molecular weight excluding hydrogens is 226 g/mol. The van der Waals surface area contributed by atoms with Gasteiger partial charge in [-0.15, -0.1) is 0 Å². The number of aliphatic hydroxyl groups excluding tert-OH is 1. The lowest BCUT2D eigenvalue weighted by atomic mass is 10.0. The molecule has 0 radical (unpaired) electrons. The average Bonchev–Trinajstić information content (AvgIpc) is 2.35. The Kier molecular flexibility index (Phi) is 4.28. The van der Waals surface area contributed by atoms with Gasteiger partial charge in [0.25, 0.3) is 0 Å². The highest BCUT2D eigenvalue weighted by Gasteiger charge is 2.28. The normalized spacial score (nSPS) is 13.9. The van der Waals surface area contributed by atoms with Crippen molar-refractivity contribution in [2.24, 2.45) is 0 Å². The van der Waals surface area contributed by atoms with Gasteiger partial charge in [-0.3, -0.25) is 10.1 Å². The zero-order chi connectivity index (χ0) is 13.0. The summed E-state index contributed by atoms with van der Waals surface area (Å²) in [6.45, 7) is 1.34. The van der Waals surface area contributed by atoms with Crippen LogP contribution in [0.1, 0.15) is 18.6 Å². The van der Waals surface area contributed by atoms with Crippen LogP contribution in [0.3, 0.4) is 0 Å². The molecule has 0 spiro atoms. The van der Waals surface area contributed by atoms with Crippen molar-refractivity contribution >= 4 is 0 Å². The van der Waals surface area contributed by atoms with Gasteiger partial charge in [-0.25, -0.2) is 0 Å². The van der Waals surface area contributed by atoms with Gasteiger partial charge in [0.2, 0.25) is 6.04 Å². The standard InChI is InChI=1S/C11H15NO5/c1-7(12(14)15)11(13)9-6-8(16-2)4-5-10(9)17-3/h4-7,11,13H,1-3H3/t7-,11-/m0/s1. The number of methoxy groups -OCH3 is 2. The predicted octanol–water partition coefficient (Wildman–Crippen LogP) is 1.40. The Bertz CT molecular complexity index is 407. The largest absolute Gasteiger partial charge is 0.497 e. The van der Waals surface area contributed by atoms with E-state index in [0.717, 1.165) is 0 Å². The van der Waals surface area contributed by atoms with E-state index < -0.39 is 17.1 Å². The number of aliphatic hydroxyl groups is 1. The molecule has 6 heteroatoms. The van der Waals surface area contributed by atoms with Gasteiger partial charge in [0, 0.05) is 17.4 Å². The minimum atomic E-state index is -1.24. The summed E-state index contributed by atoms with van der Waals surface area (Å²) >= 11 is 0. The molecule has 0 fully saturated rings. The summed E-state index contributed by atoms with van der Waals surface area (Å²) in [5, 5.41) is 20.6. The molecule has 2 atom stereocenters. The van der Waals surface area contributed by atoms with Gasteiger partial charge in [-0.05, 0) is 18.2 Å². The van der Waals surface area contributed by atoms with Gasteiger partial charge in [-0.2, -0.15) is 0 Å². The van der Waals surface area contributed by atoms with Crippen LogP contribution in [-0.4, -0.2) is 30.3 Å². The van der Waals surface area contributed by atoms with Gasteiger partial charge in [0.05, 0.1) is 14.2 Å². The second kappa shape index (κ2) is 5.49. The molecule has 0 bridgehead atoms. The Balaban J connectivity index is 3.13. The maximum Gasteiger partial charge on any atom is 0.240 e. The van der Waals surface area contributed by atoms with Crippen molar-refractivity contribution < 1.29 is 19.5 Å². The van der Waals surface area contributed by atoms with Crippen molar-refractivity contribution in [3.8, 4) is 11.5 Å². The van der Waals surface area contributed by atoms with Crippen LogP contribution >= 0.6 is 0 Å². The molecule has 94 valence electrons. The lowest BCUT2D eigenvalue weighted by Gasteiger charge is -2.16. The predicted molar refractivity (Wildman–Crippen MR) is 61.0 cm³/mol. The molecular formula is C11H15NO5. The van der Waals surface area contributed by atoms with Crippen LogP contribution in [0, 0.1) is 10.1 Å². The van der Waals surface area contributed by atoms with E-state index >= 15 is 0 Å².